The van der Waals surface area contributed by atoms with Crippen molar-refractivity contribution in [2.24, 2.45) is 4.99 Å². The van der Waals surface area contributed by atoms with E-state index >= 15 is 0 Å². The quantitative estimate of drug-likeness (QED) is 0.633. The summed E-state index contributed by atoms with van der Waals surface area (Å²) in [5.74, 6) is -0.229. The number of aliphatic imine (C=N–C) groups is 1. The molecular weight excluding hydrogens is 428 g/mol. The fourth-order valence-corrected chi connectivity index (χ4v) is 4.28. The van der Waals surface area contributed by atoms with Crippen molar-refractivity contribution in [2.75, 3.05) is 25.5 Å². The average Bonchev–Trinajstić information content (AvgIpc) is 2.97. The molecule has 0 bridgehead atoms. The fourth-order valence-electron chi connectivity index (χ4n) is 2.90. The van der Waals surface area contributed by atoms with Crippen LogP contribution in [0.4, 0.5) is 5.69 Å². The number of hydrogen-bond acceptors (Lipinski definition) is 5. The molecule has 0 unspecified atom stereocenters. The van der Waals surface area contributed by atoms with Gasteiger partial charge in [-0.05, 0) is 42.8 Å². The molecule has 2 amide bonds. The van der Waals surface area contributed by atoms with Crippen LogP contribution in [-0.2, 0) is 19.6 Å². The molecule has 0 saturated carbocycles. The second-order valence-electron chi connectivity index (χ2n) is 6.74. The van der Waals surface area contributed by atoms with Crippen molar-refractivity contribution in [3.8, 4) is 0 Å². The first-order valence-corrected chi connectivity index (χ1v) is 11.1. The number of carbonyl (C=O) groups excluding carboxylic acids is 2. The van der Waals surface area contributed by atoms with Crippen LogP contribution in [0.25, 0.3) is 0 Å². The molecule has 0 aliphatic carbocycles. The standard InChI is InChI=1S/C20H21ClN4O4S/c1-25(13-18(26)23-15-10-8-14(21)9-11-15)19(27)7-4-12-22-20-16-5-2-3-6-17(16)30(28,29)24-20/h2-3,5-6,8-11H,4,7,12-13H2,1H3,(H,22,24)(H,23,26). The highest BCUT2D eigenvalue weighted by Gasteiger charge is 2.29. The minimum absolute atomic E-state index is 0.0802. The highest BCUT2D eigenvalue weighted by Crippen LogP contribution is 2.22. The Kier molecular flexibility index (Phi) is 6.73. The van der Waals surface area contributed by atoms with Gasteiger partial charge in [0.15, 0.2) is 0 Å². The molecule has 2 N–H and O–H groups in total. The van der Waals surface area contributed by atoms with Gasteiger partial charge in [0.05, 0.1) is 11.4 Å². The van der Waals surface area contributed by atoms with Gasteiger partial charge in [-0.2, -0.15) is 0 Å². The predicted molar refractivity (Wildman–Crippen MR) is 115 cm³/mol. The third-order valence-corrected chi connectivity index (χ3v) is 6.06. The Morgan fingerprint density at radius 1 is 1.13 bits per heavy atom. The summed E-state index contributed by atoms with van der Waals surface area (Å²) in [5, 5.41) is 3.27. The smallest absolute Gasteiger partial charge is 0.263 e. The van der Waals surface area contributed by atoms with Crippen LogP contribution >= 0.6 is 11.6 Å². The number of sulfonamides is 1. The van der Waals surface area contributed by atoms with E-state index in [0.29, 0.717) is 22.7 Å². The molecule has 158 valence electrons. The van der Waals surface area contributed by atoms with Crippen LogP contribution in [-0.4, -0.2) is 51.1 Å². The van der Waals surface area contributed by atoms with E-state index in [4.69, 9.17) is 11.6 Å². The largest absolute Gasteiger partial charge is 0.336 e. The second kappa shape index (κ2) is 9.27. The molecule has 1 aliphatic rings. The van der Waals surface area contributed by atoms with Gasteiger partial charge >= 0.3 is 0 Å². The lowest BCUT2D eigenvalue weighted by atomic mass is 10.2. The molecule has 0 atom stereocenters. The molecule has 1 aliphatic heterocycles. The zero-order chi connectivity index (χ0) is 21.7. The van der Waals surface area contributed by atoms with Crippen LogP contribution in [0.3, 0.4) is 0 Å². The molecule has 1 heterocycles. The third kappa shape index (κ3) is 5.37. The van der Waals surface area contributed by atoms with Crippen molar-refractivity contribution in [1.82, 2.24) is 9.62 Å². The molecule has 8 nitrogen and oxygen atoms in total. The number of fused-ring (bicyclic) bond motifs is 1. The Morgan fingerprint density at radius 3 is 2.57 bits per heavy atom. The van der Waals surface area contributed by atoms with Gasteiger partial charge in [0, 0.05) is 36.3 Å². The minimum Gasteiger partial charge on any atom is -0.336 e. The van der Waals surface area contributed by atoms with Gasteiger partial charge < -0.3 is 10.2 Å². The van der Waals surface area contributed by atoms with Gasteiger partial charge in [-0.1, -0.05) is 23.7 Å². The molecule has 0 aromatic heterocycles. The van der Waals surface area contributed by atoms with Gasteiger partial charge in [-0.15, -0.1) is 0 Å². The van der Waals surface area contributed by atoms with E-state index in [1.54, 1.807) is 49.5 Å². The van der Waals surface area contributed by atoms with Crippen molar-refractivity contribution in [2.45, 2.75) is 17.7 Å². The number of amides is 2. The maximum Gasteiger partial charge on any atom is 0.263 e. The lowest BCUT2D eigenvalue weighted by molar-refractivity contribution is -0.133. The topological polar surface area (TPSA) is 108 Å². The first-order chi connectivity index (χ1) is 14.3. The van der Waals surface area contributed by atoms with E-state index in [0.717, 1.165) is 0 Å². The predicted octanol–water partition coefficient (Wildman–Crippen LogP) is 2.26. The SMILES string of the molecule is CN(CC(=O)Nc1ccc(Cl)cc1)C(=O)CCCN=C1NS(=O)(=O)c2ccccc21. The number of likely N-dealkylation sites (N-methyl/N-ethyl adjacent to an activating group) is 1. The molecule has 10 heteroatoms. The summed E-state index contributed by atoms with van der Waals surface area (Å²) in [6.45, 7) is 0.200. The van der Waals surface area contributed by atoms with E-state index in [2.05, 4.69) is 15.0 Å². The van der Waals surface area contributed by atoms with Gasteiger partial charge in [0.1, 0.15) is 5.84 Å². The fraction of sp³-hybridized carbons (Fsp3) is 0.250. The zero-order valence-corrected chi connectivity index (χ0v) is 17.8. The molecule has 0 saturated heterocycles. The molecule has 0 radical (unpaired) electrons. The summed E-state index contributed by atoms with van der Waals surface area (Å²) in [6, 6.07) is 13.3. The Balaban J connectivity index is 1.46. The Hall–Kier alpha value is -2.91. The summed E-state index contributed by atoms with van der Waals surface area (Å²) in [7, 11) is -2.02. The number of nitrogens with one attached hydrogen (secondary N) is 2. The van der Waals surface area contributed by atoms with E-state index in [9.17, 15) is 18.0 Å². The second-order valence-corrected chi connectivity index (χ2v) is 8.83. The number of amidine groups is 1. The zero-order valence-electron chi connectivity index (χ0n) is 16.3. The van der Waals surface area contributed by atoms with Gasteiger partial charge in [0.2, 0.25) is 11.8 Å². The summed E-state index contributed by atoms with van der Waals surface area (Å²) in [5.41, 5.74) is 1.13. The number of nitrogens with zero attached hydrogens (tertiary/aromatic N) is 2. The molecule has 0 fully saturated rings. The highest BCUT2D eigenvalue weighted by atomic mass is 35.5. The van der Waals surface area contributed by atoms with Gasteiger partial charge in [-0.25, -0.2) is 8.42 Å². The van der Waals surface area contributed by atoms with Crippen LogP contribution in [0.15, 0.2) is 58.4 Å². The Bertz CT molecular complexity index is 1080. The maximum atomic E-state index is 12.2. The summed E-state index contributed by atoms with van der Waals surface area (Å²) in [6.07, 6.45) is 0.616. The third-order valence-electron chi connectivity index (χ3n) is 4.42. The normalized spacial score (nSPS) is 15.3. The number of carbonyl (C=O) groups is 2. The van der Waals surface area contributed by atoms with Crippen LogP contribution < -0.4 is 10.0 Å². The molecule has 30 heavy (non-hydrogen) atoms. The monoisotopic (exact) mass is 448 g/mol. The Labute approximate surface area is 180 Å². The van der Waals surface area contributed by atoms with Crippen LogP contribution in [0.1, 0.15) is 18.4 Å². The lowest BCUT2D eigenvalue weighted by Crippen LogP contribution is -2.34. The first kappa shape index (κ1) is 21.8. The van der Waals surface area contributed by atoms with Crippen molar-refractivity contribution >= 4 is 45.0 Å². The number of anilines is 1. The molecule has 2 aromatic carbocycles. The summed E-state index contributed by atoms with van der Waals surface area (Å²) in [4.78, 5) is 30.1. The van der Waals surface area contributed by atoms with Gasteiger partial charge in [0.25, 0.3) is 10.0 Å². The van der Waals surface area contributed by atoms with Crippen LogP contribution in [0.2, 0.25) is 5.02 Å². The number of rotatable bonds is 7. The van der Waals surface area contributed by atoms with Gasteiger partial charge in [-0.3, -0.25) is 19.3 Å². The highest BCUT2D eigenvalue weighted by molar-refractivity contribution is 7.90. The van der Waals surface area contributed by atoms with Crippen molar-refractivity contribution in [3.05, 3.63) is 59.1 Å². The Morgan fingerprint density at radius 2 is 1.83 bits per heavy atom. The summed E-state index contributed by atoms with van der Waals surface area (Å²) < 4.78 is 26.5. The minimum atomic E-state index is -3.57. The number of halogens is 1. The van der Waals surface area contributed by atoms with Crippen molar-refractivity contribution in [3.63, 3.8) is 0 Å². The molecule has 0 spiro atoms. The van der Waals surface area contributed by atoms with Crippen LogP contribution in [0.5, 0.6) is 0 Å². The maximum absolute atomic E-state index is 12.2. The van der Waals surface area contributed by atoms with E-state index in [1.807, 2.05) is 0 Å². The number of hydrogen-bond donors (Lipinski definition) is 2. The van der Waals surface area contributed by atoms with E-state index < -0.39 is 10.0 Å². The van der Waals surface area contributed by atoms with Crippen LogP contribution in [0, 0.1) is 0 Å². The van der Waals surface area contributed by atoms with E-state index in [1.165, 1.54) is 11.0 Å². The number of benzene rings is 2. The summed E-state index contributed by atoms with van der Waals surface area (Å²) >= 11 is 5.81. The average molecular weight is 449 g/mol. The molecule has 2 aromatic rings. The first-order valence-electron chi connectivity index (χ1n) is 9.22. The lowest BCUT2D eigenvalue weighted by Gasteiger charge is -2.16. The van der Waals surface area contributed by atoms with E-state index in [-0.39, 0.29) is 42.1 Å². The molecule has 3 rings (SSSR count). The molecular formula is C20H21ClN4O4S. The van der Waals surface area contributed by atoms with Crippen molar-refractivity contribution < 1.29 is 18.0 Å². The van der Waals surface area contributed by atoms with Crippen molar-refractivity contribution in [1.29, 1.82) is 0 Å².